The summed E-state index contributed by atoms with van der Waals surface area (Å²) >= 11 is 5.89. The summed E-state index contributed by atoms with van der Waals surface area (Å²) in [5.41, 5.74) is 1.70. The van der Waals surface area contributed by atoms with Gasteiger partial charge in [-0.05, 0) is 44.2 Å². The topological polar surface area (TPSA) is 109 Å². The largest absolute Gasteiger partial charge is 0.495 e. The molecule has 1 fully saturated rings. The van der Waals surface area contributed by atoms with Crippen LogP contribution in [-0.2, 0) is 20.3 Å². The molecule has 1 aliphatic rings. The number of sulfone groups is 1. The summed E-state index contributed by atoms with van der Waals surface area (Å²) in [6, 6.07) is 5.73. The zero-order valence-electron chi connectivity index (χ0n) is 20.5. The second-order valence-corrected chi connectivity index (χ2v) is 11.8. The van der Waals surface area contributed by atoms with Crippen molar-refractivity contribution in [3.05, 3.63) is 58.7 Å². The molecule has 188 valence electrons. The third-order valence-corrected chi connectivity index (χ3v) is 9.06. The second kappa shape index (κ2) is 10.2. The maximum atomic E-state index is 13.6. The molecule has 0 amide bonds. The lowest BCUT2D eigenvalue weighted by Gasteiger charge is -2.33. The monoisotopic (exact) mass is 519 g/mol. The summed E-state index contributed by atoms with van der Waals surface area (Å²) in [6.07, 6.45) is 4.05. The van der Waals surface area contributed by atoms with Crippen LogP contribution in [0.5, 0.6) is 5.75 Å². The van der Waals surface area contributed by atoms with E-state index in [1.165, 1.54) is 19.5 Å². The molecule has 0 bridgehead atoms. The minimum atomic E-state index is -3.76. The molecule has 0 spiro atoms. The number of aromatic nitrogens is 5. The van der Waals surface area contributed by atoms with Crippen LogP contribution in [0.1, 0.15) is 61.7 Å². The number of nitrogens with zero attached hydrogens (tertiary/aromatic N) is 5. The Bertz CT molecular complexity index is 1300. The predicted molar refractivity (Wildman–Crippen MR) is 133 cm³/mol. The molecule has 3 aromatic rings. The zero-order chi connectivity index (χ0) is 25.3. The summed E-state index contributed by atoms with van der Waals surface area (Å²) in [5, 5.41) is 8.27. The van der Waals surface area contributed by atoms with E-state index in [1.807, 2.05) is 29.7 Å². The van der Waals surface area contributed by atoms with Crippen LogP contribution < -0.4 is 4.74 Å². The van der Waals surface area contributed by atoms with Crippen LogP contribution >= 0.6 is 11.6 Å². The third kappa shape index (κ3) is 4.92. The number of rotatable bonds is 9. The van der Waals surface area contributed by atoms with Crippen LogP contribution in [-0.4, -0.2) is 52.6 Å². The molecule has 0 N–H and O–H groups in total. The number of methoxy groups -OCH3 is 2. The third-order valence-electron chi connectivity index (χ3n) is 6.82. The minimum absolute atomic E-state index is 0.204. The lowest BCUT2D eigenvalue weighted by atomic mass is 9.74. The minimum Gasteiger partial charge on any atom is -0.495 e. The molecule has 2 aromatic heterocycles. The van der Waals surface area contributed by atoms with Crippen molar-refractivity contribution in [2.45, 2.75) is 56.6 Å². The van der Waals surface area contributed by atoms with Gasteiger partial charge in [0, 0.05) is 25.4 Å². The van der Waals surface area contributed by atoms with Gasteiger partial charge in [0.2, 0.25) is 0 Å². The van der Waals surface area contributed by atoms with Gasteiger partial charge in [-0.1, -0.05) is 30.7 Å². The van der Waals surface area contributed by atoms with Crippen LogP contribution in [0.15, 0.2) is 30.6 Å². The van der Waals surface area contributed by atoms with Gasteiger partial charge in [-0.15, -0.1) is 10.2 Å². The molecule has 0 saturated heterocycles. The average Bonchev–Trinajstić information content (AvgIpc) is 3.20. The molecular weight excluding hydrogens is 490 g/mol. The van der Waals surface area contributed by atoms with E-state index in [2.05, 4.69) is 27.1 Å². The number of halogens is 1. The molecule has 35 heavy (non-hydrogen) atoms. The van der Waals surface area contributed by atoms with E-state index in [9.17, 15) is 8.42 Å². The van der Waals surface area contributed by atoms with Gasteiger partial charge in [-0.2, -0.15) is 0 Å². The van der Waals surface area contributed by atoms with E-state index >= 15 is 0 Å². The van der Waals surface area contributed by atoms with Gasteiger partial charge in [0.1, 0.15) is 23.4 Å². The highest BCUT2D eigenvalue weighted by molar-refractivity contribution is 7.91. The maximum Gasteiger partial charge on any atom is 0.163 e. The molecule has 0 aliphatic heterocycles. The number of benzene rings is 1. The van der Waals surface area contributed by atoms with E-state index in [4.69, 9.17) is 21.1 Å². The fourth-order valence-corrected chi connectivity index (χ4v) is 6.03. The first kappa shape index (κ1) is 25.5. The number of hydrogen-bond donors (Lipinski definition) is 0. The van der Waals surface area contributed by atoms with Crippen LogP contribution in [0.3, 0.4) is 0 Å². The van der Waals surface area contributed by atoms with E-state index < -0.39 is 21.2 Å². The van der Waals surface area contributed by atoms with Crippen molar-refractivity contribution in [2.75, 3.05) is 14.2 Å². The zero-order valence-corrected chi connectivity index (χ0v) is 22.0. The summed E-state index contributed by atoms with van der Waals surface area (Å²) in [7, 11) is -0.727. The van der Waals surface area contributed by atoms with E-state index in [-0.39, 0.29) is 17.5 Å². The first-order chi connectivity index (χ1) is 16.7. The van der Waals surface area contributed by atoms with Gasteiger partial charge in [-0.3, -0.25) is 4.57 Å². The van der Waals surface area contributed by atoms with Gasteiger partial charge in [0.25, 0.3) is 0 Å². The van der Waals surface area contributed by atoms with Crippen molar-refractivity contribution in [3.63, 3.8) is 0 Å². The summed E-state index contributed by atoms with van der Waals surface area (Å²) in [5.74, 6) is 2.30. The summed E-state index contributed by atoms with van der Waals surface area (Å²) < 4.78 is 40.3. The van der Waals surface area contributed by atoms with Crippen molar-refractivity contribution in [1.82, 2.24) is 24.7 Å². The second-order valence-electron chi connectivity index (χ2n) is 9.02. The highest BCUT2D eigenvalue weighted by Crippen LogP contribution is 2.43. The van der Waals surface area contributed by atoms with Gasteiger partial charge < -0.3 is 9.47 Å². The van der Waals surface area contributed by atoms with Gasteiger partial charge in [0.15, 0.2) is 21.5 Å². The van der Waals surface area contributed by atoms with E-state index in [0.717, 1.165) is 29.9 Å². The number of hydrogen-bond acceptors (Lipinski definition) is 8. The lowest BCUT2D eigenvalue weighted by molar-refractivity contribution is 0.0948. The van der Waals surface area contributed by atoms with Gasteiger partial charge >= 0.3 is 0 Å². The number of para-hydroxylation sites is 1. The summed E-state index contributed by atoms with van der Waals surface area (Å²) in [4.78, 5) is 8.33. The maximum absolute atomic E-state index is 13.6. The van der Waals surface area contributed by atoms with Crippen molar-refractivity contribution in [2.24, 2.45) is 5.92 Å². The van der Waals surface area contributed by atoms with Crippen molar-refractivity contribution in [3.8, 4) is 11.4 Å². The number of aryl methyl sites for hydroxylation is 1. The molecule has 2 heterocycles. The highest BCUT2D eigenvalue weighted by Gasteiger charge is 2.38. The van der Waals surface area contributed by atoms with Crippen LogP contribution in [0.2, 0.25) is 5.02 Å². The smallest absolute Gasteiger partial charge is 0.163 e. The Labute approximate surface area is 210 Å². The van der Waals surface area contributed by atoms with Crippen molar-refractivity contribution < 1.29 is 17.9 Å². The Morgan fingerprint density at radius 3 is 2.46 bits per heavy atom. The van der Waals surface area contributed by atoms with Gasteiger partial charge in [0.05, 0.1) is 23.1 Å². The van der Waals surface area contributed by atoms with Crippen LogP contribution in [0, 0.1) is 12.8 Å². The first-order valence-corrected chi connectivity index (χ1v) is 13.6. The van der Waals surface area contributed by atoms with Crippen molar-refractivity contribution >= 4 is 21.4 Å². The summed E-state index contributed by atoms with van der Waals surface area (Å²) in [6.45, 7) is 5.73. The Kier molecular flexibility index (Phi) is 7.44. The fraction of sp³-hybridized carbons (Fsp3) is 0.500. The average molecular weight is 520 g/mol. The normalized spacial score (nSPS) is 19.7. The Balaban J connectivity index is 1.76. The molecule has 1 aliphatic carbocycles. The number of ether oxygens (including phenoxy) is 2. The predicted octanol–water partition coefficient (Wildman–Crippen LogP) is 4.23. The molecule has 1 aromatic carbocycles. The van der Waals surface area contributed by atoms with Crippen LogP contribution in [0.4, 0.5) is 0 Å². The SMILES string of the molecule is COc1cccc(C)c1-n1c(CS(=O)(=O)[C@@H](C)[C@H](OC)c2ncc(Cl)cn2)nnc1[C@@H]1CC[C@@H]1C. The van der Waals surface area contributed by atoms with Crippen molar-refractivity contribution in [1.29, 1.82) is 0 Å². The molecule has 4 rings (SSSR count). The molecule has 0 radical (unpaired) electrons. The Morgan fingerprint density at radius 1 is 1.17 bits per heavy atom. The molecule has 9 nitrogen and oxygen atoms in total. The quantitative estimate of drug-likeness (QED) is 0.413. The van der Waals surface area contributed by atoms with E-state index in [1.54, 1.807) is 14.0 Å². The van der Waals surface area contributed by atoms with E-state index in [0.29, 0.717) is 22.5 Å². The molecule has 0 unspecified atom stereocenters. The molecule has 4 atom stereocenters. The van der Waals surface area contributed by atoms with Crippen LogP contribution in [0.25, 0.3) is 5.69 Å². The standard InChI is InChI=1S/C24H30ClN5O4S/c1-14-9-10-18(14)24-29-28-20(30(24)21-15(2)7-6-8-19(21)33-4)13-35(31,32)16(3)22(34-5)23-26-11-17(25)12-27-23/h6-8,11-12,14,16,18,22H,9-10,13H2,1-5H3/t14-,16-,18+,22-/m0/s1. The first-order valence-electron chi connectivity index (χ1n) is 11.5. The lowest BCUT2D eigenvalue weighted by Crippen LogP contribution is -2.30. The molecule has 11 heteroatoms. The Hall–Kier alpha value is -2.56. The molecule has 1 saturated carbocycles. The highest BCUT2D eigenvalue weighted by atomic mass is 35.5. The molecular formula is C24H30ClN5O4S. The fourth-order valence-electron chi connectivity index (χ4n) is 4.52. The van der Waals surface area contributed by atoms with Gasteiger partial charge in [-0.25, -0.2) is 18.4 Å². The Morgan fingerprint density at radius 2 is 1.89 bits per heavy atom.